The van der Waals surface area contributed by atoms with Crippen LogP contribution in [-0.4, -0.2) is 0 Å². The first-order valence-electron chi connectivity index (χ1n) is 20.3. The first kappa shape index (κ1) is 34.9. The fourth-order valence-corrected chi connectivity index (χ4v) is 10.7. The van der Waals surface area contributed by atoms with E-state index >= 15 is 0 Å². The molecule has 11 rings (SSSR count). The Labute approximate surface area is 349 Å². The van der Waals surface area contributed by atoms with Crippen molar-refractivity contribution in [1.29, 1.82) is 0 Å². The molecular weight excluding hydrogens is 731 g/mol. The second-order valence-electron chi connectivity index (χ2n) is 15.2. The predicted molar refractivity (Wildman–Crippen MR) is 250 cm³/mol. The van der Waals surface area contributed by atoms with Crippen molar-refractivity contribution in [2.45, 2.75) is 5.41 Å². The molecule has 0 atom stereocenters. The monoisotopic (exact) mass is 769 g/mol. The largest absolute Gasteiger partial charge is 0.311 e. The van der Waals surface area contributed by atoms with Gasteiger partial charge in [-0.15, -0.1) is 11.3 Å². The third-order valence-corrected chi connectivity index (χ3v) is 13.2. The lowest BCUT2D eigenvalue weighted by atomic mass is 9.65. The van der Waals surface area contributed by atoms with Crippen molar-refractivity contribution in [3.8, 4) is 43.8 Å². The molecule has 1 aliphatic carbocycles. The Hall–Kier alpha value is -7.26. The fraction of sp³-hybridized carbons (Fsp3) is 0.0175. The van der Waals surface area contributed by atoms with E-state index in [1.165, 1.54) is 76.2 Å². The van der Waals surface area contributed by atoms with E-state index in [4.69, 9.17) is 0 Å². The summed E-state index contributed by atoms with van der Waals surface area (Å²) in [5.41, 5.74) is 16.7. The highest BCUT2D eigenvalue weighted by atomic mass is 32.1. The Bertz CT molecular complexity index is 3020. The van der Waals surface area contributed by atoms with Gasteiger partial charge in [0.1, 0.15) is 0 Å². The number of para-hydroxylation sites is 1. The highest BCUT2D eigenvalue weighted by Crippen LogP contribution is 2.62. The standard InChI is InChI=1S/C57H39NS/c1-5-17-40(18-6-1)41-31-35-48(36-32-41)58(47-25-11-4-12-26-47)49-37-33-42(34-38-49)43-19-15-20-44(39-43)50-28-16-29-52-54(50)57(45-21-7-2-8-22-45,46-23-9-3-10-24-46)55-51-27-13-14-30-53(51)59-56(52)55/h1-39H. The van der Waals surface area contributed by atoms with E-state index in [0.717, 1.165) is 17.1 Å². The first-order chi connectivity index (χ1) is 29.3. The van der Waals surface area contributed by atoms with E-state index in [1.807, 2.05) is 11.3 Å². The molecule has 59 heavy (non-hydrogen) atoms. The number of anilines is 3. The second kappa shape index (κ2) is 14.6. The molecule has 0 aliphatic heterocycles. The maximum atomic E-state index is 2.38. The zero-order valence-corrected chi connectivity index (χ0v) is 33.2. The molecule has 1 nitrogen and oxygen atoms in total. The first-order valence-corrected chi connectivity index (χ1v) is 21.1. The molecule has 0 amide bonds. The minimum absolute atomic E-state index is 0.499. The van der Waals surface area contributed by atoms with E-state index in [2.05, 4.69) is 241 Å². The smallest absolute Gasteiger partial charge is 0.0734 e. The van der Waals surface area contributed by atoms with Gasteiger partial charge in [-0.2, -0.15) is 0 Å². The van der Waals surface area contributed by atoms with Gasteiger partial charge in [0, 0.05) is 26.6 Å². The molecule has 0 unspecified atom stereocenters. The highest BCUT2D eigenvalue weighted by Gasteiger charge is 2.49. The third kappa shape index (κ3) is 5.83. The van der Waals surface area contributed by atoms with Crippen LogP contribution in [0, 0.1) is 0 Å². The summed E-state index contributed by atoms with van der Waals surface area (Å²) in [6, 6.07) is 86.4. The number of fused-ring (bicyclic) bond motifs is 5. The highest BCUT2D eigenvalue weighted by molar-refractivity contribution is 7.22. The maximum absolute atomic E-state index is 2.38. The van der Waals surface area contributed by atoms with E-state index in [1.54, 1.807) is 0 Å². The topological polar surface area (TPSA) is 3.24 Å². The number of thiophene rings is 1. The summed E-state index contributed by atoms with van der Waals surface area (Å²) in [7, 11) is 0. The van der Waals surface area contributed by atoms with E-state index in [0.29, 0.717) is 0 Å². The molecule has 1 aromatic heterocycles. The summed E-state index contributed by atoms with van der Waals surface area (Å²) in [5, 5.41) is 1.33. The molecule has 0 radical (unpaired) electrons. The molecule has 0 saturated carbocycles. The van der Waals surface area contributed by atoms with Crippen LogP contribution in [0.1, 0.15) is 22.3 Å². The zero-order valence-electron chi connectivity index (χ0n) is 32.4. The average molecular weight is 770 g/mol. The number of rotatable bonds is 8. The molecule has 0 saturated heterocycles. The molecule has 0 spiro atoms. The number of hydrogen-bond acceptors (Lipinski definition) is 2. The van der Waals surface area contributed by atoms with Gasteiger partial charge in [0.2, 0.25) is 0 Å². The van der Waals surface area contributed by atoms with Crippen LogP contribution in [0.25, 0.3) is 53.9 Å². The lowest BCUT2D eigenvalue weighted by Gasteiger charge is -2.35. The SMILES string of the molecule is c1ccc(-c2ccc(N(c3ccccc3)c3ccc(-c4cccc(-c5cccc6c5C(c5ccccc5)(c5ccccc5)c5c-6sc6ccccc56)c4)cc3)cc2)cc1. The molecule has 278 valence electrons. The van der Waals surface area contributed by atoms with Gasteiger partial charge in [0.25, 0.3) is 0 Å². The van der Waals surface area contributed by atoms with Crippen LogP contribution in [0.3, 0.4) is 0 Å². The molecule has 0 fully saturated rings. The van der Waals surface area contributed by atoms with Crippen molar-refractivity contribution in [3.05, 3.63) is 259 Å². The minimum atomic E-state index is -0.499. The van der Waals surface area contributed by atoms with Crippen LogP contribution in [0.15, 0.2) is 237 Å². The lowest BCUT2D eigenvalue weighted by molar-refractivity contribution is 0.778. The van der Waals surface area contributed by atoms with Gasteiger partial charge in [0.15, 0.2) is 0 Å². The van der Waals surface area contributed by atoms with E-state index in [-0.39, 0.29) is 0 Å². The van der Waals surface area contributed by atoms with Gasteiger partial charge in [0.05, 0.1) is 5.41 Å². The third-order valence-electron chi connectivity index (χ3n) is 11.9. The Morgan fingerprint density at radius 1 is 0.322 bits per heavy atom. The Kier molecular flexibility index (Phi) is 8.65. The van der Waals surface area contributed by atoms with Gasteiger partial charge in [-0.1, -0.05) is 188 Å². The summed E-state index contributed by atoms with van der Waals surface area (Å²) in [5.74, 6) is 0. The molecule has 9 aromatic carbocycles. The molecule has 2 heteroatoms. The molecule has 1 heterocycles. The second-order valence-corrected chi connectivity index (χ2v) is 16.3. The minimum Gasteiger partial charge on any atom is -0.311 e. The summed E-state index contributed by atoms with van der Waals surface area (Å²) in [6.07, 6.45) is 0. The van der Waals surface area contributed by atoms with Crippen LogP contribution in [-0.2, 0) is 5.41 Å². The fourth-order valence-electron chi connectivity index (χ4n) is 9.37. The molecule has 1 aliphatic rings. The van der Waals surface area contributed by atoms with Crippen LogP contribution in [0.4, 0.5) is 17.1 Å². The molecular formula is C57H39NS. The molecule has 0 bridgehead atoms. The Morgan fingerprint density at radius 2 is 0.780 bits per heavy atom. The summed E-state index contributed by atoms with van der Waals surface area (Å²) < 4.78 is 1.32. The normalized spacial score (nSPS) is 12.5. The number of nitrogens with zero attached hydrogens (tertiary/aromatic N) is 1. The van der Waals surface area contributed by atoms with E-state index < -0.39 is 5.41 Å². The maximum Gasteiger partial charge on any atom is 0.0734 e. The number of hydrogen-bond donors (Lipinski definition) is 0. The van der Waals surface area contributed by atoms with Crippen molar-refractivity contribution < 1.29 is 0 Å². The van der Waals surface area contributed by atoms with Crippen molar-refractivity contribution in [1.82, 2.24) is 0 Å². The van der Waals surface area contributed by atoms with Gasteiger partial charge >= 0.3 is 0 Å². The van der Waals surface area contributed by atoms with Crippen LogP contribution in [0.5, 0.6) is 0 Å². The van der Waals surface area contributed by atoms with Crippen molar-refractivity contribution in [2.24, 2.45) is 0 Å². The zero-order chi connectivity index (χ0) is 39.2. The average Bonchev–Trinajstić information content (AvgIpc) is 3.85. The van der Waals surface area contributed by atoms with Crippen molar-refractivity contribution in [3.63, 3.8) is 0 Å². The summed E-state index contributed by atoms with van der Waals surface area (Å²) in [4.78, 5) is 3.69. The molecule has 0 N–H and O–H groups in total. The Balaban J connectivity index is 1.03. The quantitative estimate of drug-likeness (QED) is 0.149. The summed E-state index contributed by atoms with van der Waals surface area (Å²) in [6.45, 7) is 0. The van der Waals surface area contributed by atoms with Gasteiger partial charge < -0.3 is 4.90 Å². The van der Waals surface area contributed by atoms with Crippen LogP contribution >= 0.6 is 11.3 Å². The van der Waals surface area contributed by atoms with Crippen molar-refractivity contribution >= 4 is 38.5 Å². The van der Waals surface area contributed by atoms with Gasteiger partial charge in [-0.25, -0.2) is 0 Å². The molecule has 10 aromatic rings. The van der Waals surface area contributed by atoms with Gasteiger partial charge in [-0.05, 0) is 115 Å². The number of benzene rings is 9. The lowest BCUT2D eigenvalue weighted by Crippen LogP contribution is -2.29. The summed E-state index contributed by atoms with van der Waals surface area (Å²) >= 11 is 1.92. The van der Waals surface area contributed by atoms with Gasteiger partial charge in [-0.3, -0.25) is 0 Å². The van der Waals surface area contributed by atoms with Crippen LogP contribution in [0.2, 0.25) is 0 Å². The van der Waals surface area contributed by atoms with Crippen LogP contribution < -0.4 is 4.90 Å². The van der Waals surface area contributed by atoms with E-state index in [9.17, 15) is 0 Å². The predicted octanol–water partition coefficient (Wildman–Crippen LogP) is 15.7. The Morgan fingerprint density at radius 3 is 1.42 bits per heavy atom. The van der Waals surface area contributed by atoms with Crippen molar-refractivity contribution in [2.75, 3.05) is 4.90 Å².